The van der Waals surface area contributed by atoms with E-state index in [0.717, 1.165) is 12.8 Å². The molecule has 0 nitrogen and oxygen atoms in total. The molecule has 0 rings (SSSR count). The topological polar surface area (TPSA) is 0 Å². The van der Waals surface area contributed by atoms with Crippen molar-refractivity contribution in [3.8, 4) is 0 Å². The highest BCUT2D eigenvalue weighted by atomic mass is 35.5. The quantitative estimate of drug-likeness (QED) is 0.411. The minimum atomic E-state index is -0.153. The fourth-order valence-electron chi connectivity index (χ4n) is 0.358. The Balaban J connectivity index is 2.68. The summed E-state index contributed by atoms with van der Waals surface area (Å²) in [5.74, 6) is 0. The summed E-state index contributed by atoms with van der Waals surface area (Å²) >= 11 is 10.8. The Morgan fingerprint density at radius 1 is 1.43 bits per heavy atom. The molecule has 7 heavy (non-hydrogen) atoms. The molecule has 0 aliphatic carbocycles. The predicted molar refractivity (Wildman–Crippen MR) is 38.1 cm³/mol. The molecule has 0 N–H and O–H groups in total. The number of alkyl halides is 2. The summed E-state index contributed by atoms with van der Waals surface area (Å²) in [5, 5.41) is 0. The van der Waals surface area contributed by atoms with Crippen LogP contribution in [0.15, 0.2) is 0 Å². The number of halogens is 2. The number of hydrogen-bond donors (Lipinski definition) is 0. The summed E-state index contributed by atoms with van der Waals surface area (Å²) in [5.41, 5.74) is 0. The van der Waals surface area contributed by atoms with Crippen molar-refractivity contribution in [2.45, 2.75) is 24.0 Å². The first-order valence-corrected chi connectivity index (χ1v) is 3.42. The van der Waals surface area contributed by atoms with Gasteiger partial charge in [0, 0.05) is 0 Å². The van der Waals surface area contributed by atoms with Crippen LogP contribution < -0.4 is 0 Å². The van der Waals surface area contributed by atoms with Crippen LogP contribution in [-0.2, 0) is 0 Å². The van der Waals surface area contributed by atoms with Gasteiger partial charge in [0.2, 0.25) is 0 Å². The molecule has 0 bridgehead atoms. The first kappa shape index (κ1) is 7.64. The first-order valence-electron chi connectivity index (χ1n) is 2.55. The van der Waals surface area contributed by atoms with Crippen LogP contribution in [0.4, 0.5) is 0 Å². The molecule has 0 radical (unpaired) electrons. The minimum absolute atomic E-state index is 0.153. The SMILES string of the molecule is BCCCC(Cl)Cl. The van der Waals surface area contributed by atoms with Gasteiger partial charge in [-0.15, -0.1) is 23.2 Å². The summed E-state index contributed by atoms with van der Waals surface area (Å²) in [6, 6.07) is 0. The predicted octanol–water partition coefficient (Wildman–Crippen LogP) is 1.62. The average Bonchev–Trinajstić information content (AvgIpc) is 1.61. The molecule has 3 heteroatoms. The highest BCUT2D eigenvalue weighted by Crippen LogP contribution is 2.09. The zero-order valence-corrected chi connectivity index (χ0v) is 5.97. The van der Waals surface area contributed by atoms with Crippen molar-refractivity contribution in [2.24, 2.45) is 0 Å². The lowest BCUT2D eigenvalue weighted by Gasteiger charge is -1.94. The molecule has 0 aromatic heterocycles. The van der Waals surface area contributed by atoms with Crippen LogP contribution in [0.25, 0.3) is 0 Å². The summed E-state index contributed by atoms with van der Waals surface area (Å²) in [6.45, 7) is 0. The molecule has 0 heterocycles. The van der Waals surface area contributed by atoms with E-state index in [0.29, 0.717) is 0 Å². The largest absolute Gasteiger partial charge is 0.107 e. The van der Waals surface area contributed by atoms with E-state index in [1.165, 1.54) is 6.32 Å². The lowest BCUT2D eigenvalue weighted by Crippen LogP contribution is -1.84. The summed E-state index contributed by atoms with van der Waals surface area (Å²) in [6.07, 6.45) is 3.24. The van der Waals surface area contributed by atoms with Gasteiger partial charge in [0.05, 0.1) is 0 Å². The van der Waals surface area contributed by atoms with Crippen molar-refractivity contribution in [1.82, 2.24) is 0 Å². The van der Waals surface area contributed by atoms with Gasteiger partial charge in [0.1, 0.15) is 12.7 Å². The Morgan fingerprint density at radius 3 is 2.14 bits per heavy atom. The summed E-state index contributed by atoms with van der Waals surface area (Å²) < 4.78 is 0. The van der Waals surface area contributed by atoms with Crippen LogP contribution >= 0.6 is 23.2 Å². The van der Waals surface area contributed by atoms with E-state index < -0.39 is 0 Å². The molecule has 0 aromatic rings. The van der Waals surface area contributed by atoms with Gasteiger partial charge in [-0.3, -0.25) is 0 Å². The average molecular weight is 139 g/mol. The molecule has 42 valence electrons. The Bertz CT molecular complexity index is 38.7. The zero-order chi connectivity index (χ0) is 5.70. The van der Waals surface area contributed by atoms with Gasteiger partial charge in [0.15, 0.2) is 0 Å². The second-order valence-electron chi connectivity index (χ2n) is 1.53. The summed E-state index contributed by atoms with van der Waals surface area (Å²) in [4.78, 5) is -0.153. The van der Waals surface area contributed by atoms with Gasteiger partial charge in [-0.05, 0) is 6.42 Å². The van der Waals surface area contributed by atoms with Gasteiger partial charge in [-0.2, -0.15) is 0 Å². The van der Waals surface area contributed by atoms with Gasteiger partial charge in [-0.25, -0.2) is 0 Å². The zero-order valence-electron chi connectivity index (χ0n) is 4.45. The van der Waals surface area contributed by atoms with Crippen molar-refractivity contribution >= 4 is 31.0 Å². The number of hydrogen-bond acceptors (Lipinski definition) is 0. The van der Waals surface area contributed by atoms with E-state index in [-0.39, 0.29) is 4.84 Å². The molecule has 0 aliphatic rings. The lowest BCUT2D eigenvalue weighted by atomic mass is 10.0. The van der Waals surface area contributed by atoms with E-state index in [1.54, 1.807) is 0 Å². The first-order chi connectivity index (χ1) is 3.27. The van der Waals surface area contributed by atoms with Crippen molar-refractivity contribution < 1.29 is 0 Å². The highest BCUT2D eigenvalue weighted by molar-refractivity contribution is 6.44. The molecule has 0 atom stereocenters. The van der Waals surface area contributed by atoms with E-state index >= 15 is 0 Å². The fraction of sp³-hybridized carbons (Fsp3) is 1.00. The van der Waals surface area contributed by atoms with E-state index in [9.17, 15) is 0 Å². The molecule has 0 aliphatic heterocycles. The third-order valence-corrected chi connectivity index (χ3v) is 1.21. The Hall–Kier alpha value is 0.645. The maximum atomic E-state index is 5.42. The second-order valence-corrected chi connectivity index (χ2v) is 2.81. The van der Waals surface area contributed by atoms with Gasteiger partial charge >= 0.3 is 0 Å². The van der Waals surface area contributed by atoms with Crippen molar-refractivity contribution in [3.05, 3.63) is 0 Å². The molecule has 0 fully saturated rings. The van der Waals surface area contributed by atoms with Crippen LogP contribution in [0.3, 0.4) is 0 Å². The van der Waals surface area contributed by atoms with E-state index in [4.69, 9.17) is 23.2 Å². The smallest absolute Gasteiger partial charge is 0.105 e. The third kappa shape index (κ3) is 6.64. The van der Waals surface area contributed by atoms with Gasteiger partial charge in [-0.1, -0.05) is 12.7 Å². The number of rotatable bonds is 3. The van der Waals surface area contributed by atoms with Crippen LogP contribution in [0.1, 0.15) is 12.8 Å². The van der Waals surface area contributed by atoms with Crippen LogP contribution in [0, 0.1) is 0 Å². The second kappa shape index (κ2) is 4.80. The van der Waals surface area contributed by atoms with Crippen molar-refractivity contribution in [3.63, 3.8) is 0 Å². The van der Waals surface area contributed by atoms with E-state index in [2.05, 4.69) is 7.85 Å². The monoisotopic (exact) mass is 138 g/mol. The minimum Gasteiger partial charge on any atom is -0.105 e. The van der Waals surface area contributed by atoms with Crippen LogP contribution in [0.5, 0.6) is 0 Å². The third-order valence-electron chi connectivity index (χ3n) is 0.776. The normalized spacial score (nSPS) is 10.1. The Labute approximate surface area is 55.6 Å². The molecular weight excluding hydrogens is 130 g/mol. The molecule has 0 unspecified atom stereocenters. The maximum absolute atomic E-state index is 5.42. The van der Waals surface area contributed by atoms with Gasteiger partial charge in [0.25, 0.3) is 0 Å². The Morgan fingerprint density at radius 2 is 2.00 bits per heavy atom. The highest BCUT2D eigenvalue weighted by Gasteiger charge is 1.93. The standard InChI is InChI=1S/C4H9BCl2/c5-3-1-2-4(6)7/h4H,1-3,5H2. The molecular formula is C4H9BCl2. The van der Waals surface area contributed by atoms with Crippen molar-refractivity contribution in [1.29, 1.82) is 0 Å². The summed E-state index contributed by atoms with van der Waals surface area (Å²) in [7, 11) is 2.12. The molecule has 0 saturated carbocycles. The molecule has 0 saturated heterocycles. The maximum Gasteiger partial charge on any atom is 0.107 e. The molecule has 0 aromatic carbocycles. The van der Waals surface area contributed by atoms with Gasteiger partial charge < -0.3 is 0 Å². The molecule has 0 spiro atoms. The molecule has 0 amide bonds. The fourth-order valence-corrected chi connectivity index (χ4v) is 0.667. The lowest BCUT2D eigenvalue weighted by molar-refractivity contribution is 0.858. The van der Waals surface area contributed by atoms with Crippen LogP contribution in [0.2, 0.25) is 6.32 Å². The van der Waals surface area contributed by atoms with Crippen molar-refractivity contribution in [2.75, 3.05) is 0 Å². The van der Waals surface area contributed by atoms with Crippen LogP contribution in [-0.4, -0.2) is 12.7 Å². The Kier molecular flexibility index (Phi) is 5.24. The van der Waals surface area contributed by atoms with E-state index in [1.807, 2.05) is 0 Å².